The lowest BCUT2D eigenvalue weighted by molar-refractivity contribution is 0.890. The molecule has 0 saturated carbocycles. The zero-order valence-corrected chi connectivity index (χ0v) is 13.8. The molecule has 0 atom stereocenters. The standard InChI is InChI=1S/C15H16N4S2/c1-9(2)13-7-11-14(16-8-17-15(11)21-13)19-18-10(3)12-5-4-6-20-12/h4-9H,1-3H3,(H,16,17,19). The average molecular weight is 316 g/mol. The first-order chi connectivity index (χ1) is 10.1. The van der Waals surface area contributed by atoms with E-state index in [1.54, 1.807) is 29.0 Å². The largest absolute Gasteiger partial charge is 0.260 e. The molecule has 4 nitrogen and oxygen atoms in total. The van der Waals surface area contributed by atoms with Gasteiger partial charge in [-0.2, -0.15) is 5.10 Å². The third kappa shape index (κ3) is 2.96. The van der Waals surface area contributed by atoms with Gasteiger partial charge in [0.05, 0.1) is 11.1 Å². The van der Waals surface area contributed by atoms with Gasteiger partial charge < -0.3 is 0 Å². The molecule has 0 aliphatic rings. The third-order valence-corrected chi connectivity index (χ3v) is 5.45. The Bertz CT molecular complexity index is 772. The number of rotatable bonds is 4. The van der Waals surface area contributed by atoms with Crippen molar-refractivity contribution in [1.29, 1.82) is 0 Å². The van der Waals surface area contributed by atoms with Gasteiger partial charge in [-0.1, -0.05) is 19.9 Å². The van der Waals surface area contributed by atoms with Gasteiger partial charge >= 0.3 is 0 Å². The molecule has 0 bridgehead atoms. The van der Waals surface area contributed by atoms with E-state index >= 15 is 0 Å². The molecule has 0 radical (unpaired) electrons. The van der Waals surface area contributed by atoms with E-state index in [4.69, 9.17) is 0 Å². The molecule has 0 saturated heterocycles. The molecule has 0 aromatic carbocycles. The van der Waals surface area contributed by atoms with Gasteiger partial charge in [-0.3, -0.25) is 5.43 Å². The van der Waals surface area contributed by atoms with E-state index in [-0.39, 0.29) is 0 Å². The molecule has 3 aromatic rings. The first-order valence-corrected chi connectivity index (χ1v) is 8.43. The molecule has 0 aliphatic heterocycles. The van der Waals surface area contributed by atoms with Crippen LogP contribution in [0, 0.1) is 0 Å². The number of aromatic nitrogens is 2. The number of hydrogen-bond acceptors (Lipinski definition) is 6. The minimum Gasteiger partial charge on any atom is -0.260 e. The van der Waals surface area contributed by atoms with Crippen LogP contribution in [-0.4, -0.2) is 15.7 Å². The van der Waals surface area contributed by atoms with Crippen molar-refractivity contribution in [2.45, 2.75) is 26.7 Å². The third-order valence-electron chi connectivity index (χ3n) is 3.12. The van der Waals surface area contributed by atoms with Gasteiger partial charge in [0.25, 0.3) is 0 Å². The molecule has 0 fully saturated rings. The molecule has 0 spiro atoms. The van der Waals surface area contributed by atoms with Crippen molar-refractivity contribution in [3.05, 3.63) is 39.7 Å². The Balaban J connectivity index is 1.92. The zero-order chi connectivity index (χ0) is 14.8. The molecule has 0 amide bonds. The van der Waals surface area contributed by atoms with Crippen molar-refractivity contribution >= 4 is 44.4 Å². The predicted octanol–water partition coefficient (Wildman–Crippen LogP) is 4.71. The number of nitrogens with one attached hydrogen (secondary N) is 1. The maximum absolute atomic E-state index is 4.43. The lowest BCUT2D eigenvalue weighted by Gasteiger charge is -2.02. The van der Waals surface area contributed by atoms with E-state index in [0.29, 0.717) is 5.92 Å². The van der Waals surface area contributed by atoms with Crippen molar-refractivity contribution in [2.24, 2.45) is 5.10 Å². The summed E-state index contributed by atoms with van der Waals surface area (Å²) in [7, 11) is 0. The van der Waals surface area contributed by atoms with Gasteiger partial charge in [0.2, 0.25) is 0 Å². The van der Waals surface area contributed by atoms with E-state index in [2.05, 4.69) is 46.5 Å². The van der Waals surface area contributed by atoms with Gasteiger partial charge in [-0.15, -0.1) is 22.7 Å². The van der Waals surface area contributed by atoms with E-state index in [1.807, 2.05) is 18.4 Å². The topological polar surface area (TPSA) is 50.2 Å². The Hall–Kier alpha value is -1.79. The number of nitrogens with zero attached hydrogens (tertiary/aromatic N) is 3. The van der Waals surface area contributed by atoms with Gasteiger partial charge in [0.15, 0.2) is 5.82 Å². The number of anilines is 1. The van der Waals surface area contributed by atoms with Gasteiger partial charge in [-0.05, 0) is 30.4 Å². The van der Waals surface area contributed by atoms with Crippen molar-refractivity contribution in [2.75, 3.05) is 5.43 Å². The fourth-order valence-corrected chi connectivity index (χ4v) is 3.60. The highest BCUT2D eigenvalue weighted by Crippen LogP contribution is 2.32. The maximum atomic E-state index is 4.43. The summed E-state index contributed by atoms with van der Waals surface area (Å²) >= 11 is 3.39. The lowest BCUT2D eigenvalue weighted by atomic mass is 10.2. The SMILES string of the molecule is CC(=NNc1ncnc2sc(C(C)C)cc12)c1cccs1. The van der Waals surface area contributed by atoms with Gasteiger partial charge in [0.1, 0.15) is 11.2 Å². The van der Waals surface area contributed by atoms with Crippen LogP contribution in [0.15, 0.2) is 35.0 Å². The van der Waals surface area contributed by atoms with Crippen LogP contribution in [-0.2, 0) is 0 Å². The number of fused-ring (bicyclic) bond motifs is 1. The number of hydrazone groups is 1. The molecule has 3 aromatic heterocycles. The fourth-order valence-electron chi connectivity index (χ4n) is 1.92. The summed E-state index contributed by atoms with van der Waals surface area (Å²) in [6, 6.07) is 6.24. The zero-order valence-electron chi connectivity index (χ0n) is 12.1. The Kier molecular flexibility index (Phi) is 3.98. The summed E-state index contributed by atoms with van der Waals surface area (Å²) in [5.41, 5.74) is 4.03. The summed E-state index contributed by atoms with van der Waals surface area (Å²) in [5, 5.41) is 7.52. The molecule has 3 heterocycles. The summed E-state index contributed by atoms with van der Waals surface area (Å²) in [6.07, 6.45) is 1.58. The van der Waals surface area contributed by atoms with Crippen LogP contribution < -0.4 is 5.43 Å². The predicted molar refractivity (Wildman–Crippen MR) is 91.7 cm³/mol. The molecule has 1 N–H and O–H groups in total. The number of hydrogen-bond donors (Lipinski definition) is 1. The highest BCUT2D eigenvalue weighted by molar-refractivity contribution is 7.18. The summed E-state index contributed by atoms with van der Waals surface area (Å²) in [6.45, 7) is 6.36. The smallest absolute Gasteiger partial charge is 0.158 e. The van der Waals surface area contributed by atoms with E-state index in [1.165, 1.54) is 4.88 Å². The Morgan fingerprint density at radius 3 is 2.90 bits per heavy atom. The lowest BCUT2D eigenvalue weighted by Crippen LogP contribution is -1.99. The van der Waals surface area contributed by atoms with Crippen LogP contribution in [0.4, 0.5) is 5.82 Å². The highest BCUT2D eigenvalue weighted by atomic mass is 32.1. The second-order valence-electron chi connectivity index (χ2n) is 5.03. The second-order valence-corrected chi connectivity index (χ2v) is 7.04. The van der Waals surface area contributed by atoms with Crippen molar-refractivity contribution in [1.82, 2.24) is 9.97 Å². The Morgan fingerprint density at radius 2 is 2.19 bits per heavy atom. The van der Waals surface area contributed by atoms with Crippen molar-refractivity contribution in [3.63, 3.8) is 0 Å². The first kappa shape index (κ1) is 14.2. The van der Waals surface area contributed by atoms with Gasteiger partial charge in [-0.25, -0.2) is 9.97 Å². The monoisotopic (exact) mass is 316 g/mol. The van der Waals surface area contributed by atoms with Crippen molar-refractivity contribution in [3.8, 4) is 0 Å². The van der Waals surface area contributed by atoms with Crippen molar-refractivity contribution < 1.29 is 0 Å². The van der Waals surface area contributed by atoms with E-state index < -0.39 is 0 Å². The van der Waals surface area contributed by atoms with Gasteiger partial charge in [0, 0.05) is 9.75 Å². The summed E-state index contributed by atoms with van der Waals surface area (Å²) in [4.78, 5) is 12.1. The van der Waals surface area contributed by atoms with Crippen LogP contribution >= 0.6 is 22.7 Å². The first-order valence-electron chi connectivity index (χ1n) is 6.73. The molecule has 108 valence electrons. The molecule has 6 heteroatoms. The van der Waals surface area contributed by atoms with Crippen LogP contribution in [0.1, 0.15) is 36.4 Å². The molecule has 0 aliphatic carbocycles. The molecular weight excluding hydrogens is 300 g/mol. The molecular formula is C15H16N4S2. The normalized spacial score (nSPS) is 12.3. The molecule has 0 unspecified atom stereocenters. The fraction of sp³-hybridized carbons (Fsp3) is 0.267. The van der Waals surface area contributed by atoms with E-state index in [0.717, 1.165) is 26.6 Å². The van der Waals surface area contributed by atoms with Crippen LogP contribution in [0.25, 0.3) is 10.2 Å². The second kappa shape index (κ2) is 5.91. The van der Waals surface area contributed by atoms with E-state index in [9.17, 15) is 0 Å². The quantitative estimate of drug-likeness (QED) is 0.560. The highest BCUT2D eigenvalue weighted by Gasteiger charge is 2.10. The molecule has 3 rings (SSSR count). The minimum atomic E-state index is 0.494. The number of thiophene rings is 2. The van der Waals surface area contributed by atoms with Crippen LogP contribution in [0.5, 0.6) is 0 Å². The maximum Gasteiger partial charge on any atom is 0.158 e. The summed E-state index contributed by atoms with van der Waals surface area (Å²) in [5.74, 6) is 1.26. The summed E-state index contributed by atoms with van der Waals surface area (Å²) < 4.78 is 0. The molecule has 21 heavy (non-hydrogen) atoms. The van der Waals surface area contributed by atoms with Crippen LogP contribution in [0.3, 0.4) is 0 Å². The van der Waals surface area contributed by atoms with Crippen LogP contribution in [0.2, 0.25) is 0 Å². The Morgan fingerprint density at radius 1 is 1.33 bits per heavy atom. The Labute approximate surface area is 131 Å². The minimum absolute atomic E-state index is 0.494. The average Bonchev–Trinajstić information content (AvgIpc) is 3.13.